The fraction of sp³-hybridized carbons (Fsp3) is 0.286. The molecule has 1 aliphatic rings. The van der Waals surface area contributed by atoms with Crippen LogP contribution in [0.1, 0.15) is 30.2 Å². The van der Waals surface area contributed by atoms with Crippen LogP contribution in [0.5, 0.6) is 0 Å². The lowest BCUT2D eigenvalue weighted by Gasteiger charge is -2.05. The summed E-state index contributed by atoms with van der Waals surface area (Å²) in [6.45, 7) is 0.484. The van der Waals surface area contributed by atoms with Crippen LogP contribution >= 0.6 is 0 Å². The Morgan fingerprint density at radius 1 is 1.23 bits per heavy atom. The number of aromatic nitrogens is 5. The van der Waals surface area contributed by atoms with Gasteiger partial charge in [0.05, 0.1) is 12.7 Å². The van der Waals surface area contributed by atoms with Crippen molar-refractivity contribution >= 4 is 17.6 Å². The average molecular weight is 297 g/mol. The van der Waals surface area contributed by atoms with Crippen LogP contribution in [0.25, 0.3) is 0 Å². The minimum atomic E-state index is 0.484. The van der Waals surface area contributed by atoms with Gasteiger partial charge in [0, 0.05) is 29.9 Å². The Labute approximate surface area is 126 Å². The van der Waals surface area contributed by atoms with Crippen LogP contribution in [0, 0.1) is 0 Å². The molecule has 0 aromatic carbocycles. The second-order valence-corrected chi connectivity index (χ2v) is 5.21. The average Bonchev–Trinajstić information content (AvgIpc) is 3.06. The first-order valence-electron chi connectivity index (χ1n) is 7.15. The predicted molar refractivity (Wildman–Crippen MR) is 79.7 cm³/mol. The van der Waals surface area contributed by atoms with Crippen molar-refractivity contribution in [3.8, 4) is 0 Å². The van der Waals surface area contributed by atoms with Crippen molar-refractivity contribution in [3.05, 3.63) is 42.0 Å². The molecule has 0 bridgehead atoms. The molecule has 4 rings (SSSR count). The fourth-order valence-corrected chi connectivity index (χ4v) is 2.15. The van der Waals surface area contributed by atoms with Crippen LogP contribution in [-0.4, -0.2) is 25.3 Å². The Bertz CT molecular complexity index is 748. The number of nitrogens with one attached hydrogen (secondary N) is 3. The first-order chi connectivity index (χ1) is 10.9. The number of nitrogens with zero attached hydrogens (tertiary/aromatic N) is 4. The van der Waals surface area contributed by atoms with Gasteiger partial charge >= 0.3 is 0 Å². The molecule has 0 saturated heterocycles. The van der Waals surface area contributed by atoms with E-state index in [1.807, 2.05) is 6.07 Å². The molecule has 1 fully saturated rings. The molecule has 3 heterocycles. The number of hydrogen-bond donors (Lipinski definition) is 3. The molecule has 8 nitrogen and oxygen atoms in total. The van der Waals surface area contributed by atoms with Crippen molar-refractivity contribution in [2.24, 2.45) is 0 Å². The van der Waals surface area contributed by atoms with E-state index >= 15 is 0 Å². The van der Waals surface area contributed by atoms with Gasteiger partial charge in [0.1, 0.15) is 5.82 Å². The minimum Gasteiger partial charge on any atom is -0.360 e. The van der Waals surface area contributed by atoms with E-state index in [0.717, 1.165) is 11.6 Å². The lowest BCUT2D eigenvalue weighted by molar-refractivity contribution is 0.388. The van der Waals surface area contributed by atoms with Crippen LogP contribution in [0.15, 0.2) is 35.1 Å². The summed E-state index contributed by atoms with van der Waals surface area (Å²) in [7, 11) is 0. The lowest BCUT2D eigenvalue weighted by Crippen LogP contribution is -2.04. The maximum atomic E-state index is 5.01. The quantitative estimate of drug-likeness (QED) is 0.641. The van der Waals surface area contributed by atoms with Gasteiger partial charge < -0.3 is 15.2 Å². The summed E-state index contributed by atoms with van der Waals surface area (Å²) < 4.78 is 5.01. The highest BCUT2D eigenvalue weighted by molar-refractivity contribution is 5.53. The van der Waals surface area contributed by atoms with Gasteiger partial charge in [-0.1, -0.05) is 5.16 Å². The van der Waals surface area contributed by atoms with Crippen LogP contribution in [0.3, 0.4) is 0 Å². The molecule has 3 aromatic heterocycles. The number of anilines is 3. The fourth-order valence-electron chi connectivity index (χ4n) is 2.15. The van der Waals surface area contributed by atoms with Gasteiger partial charge in [0.15, 0.2) is 11.6 Å². The van der Waals surface area contributed by atoms with E-state index in [4.69, 9.17) is 4.52 Å². The van der Waals surface area contributed by atoms with Crippen molar-refractivity contribution in [3.63, 3.8) is 0 Å². The molecule has 0 amide bonds. The van der Waals surface area contributed by atoms with E-state index in [0.29, 0.717) is 24.2 Å². The molecular weight excluding hydrogens is 282 g/mol. The number of aromatic amines is 1. The highest BCUT2D eigenvalue weighted by atomic mass is 16.5. The molecular formula is C14H15N7O. The van der Waals surface area contributed by atoms with Crippen LogP contribution in [0.4, 0.5) is 17.6 Å². The minimum absolute atomic E-state index is 0.484. The van der Waals surface area contributed by atoms with E-state index in [1.54, 1.807) is 24.5 Å². The largest absolute Gasteiger partial charge is 0.360 e. The van der Waals surface area contributed by atoms with Crippen LogP contribution < -0.4 is 10.6 Å². The van der Waals surface area contributed by atoms with E-state index in [1.165, 1.54) is 18.5 Å². The molecule has 0 unspecified atom stereocenters. The van der Waals surface area contributed by atoms with E-state index in [-0.39, 0.29) is 0 Å². The second-order valence-electron chi connectivity index (χ2n) is 5.21. The zero-order valence-electron chi connectivity index (χ0n) is 11.8. The molecule has 0 aliphatic heterocycles. The van der Waals surface area contributed by atoms with Crippen molar-refractivity contribution in [2.45, 2.75) is 25.3 Å². The second kappa shape index (κ2) is 5.47. The highest BCUT2D eigenvalue weighted by Gasteiger charge is 2.25. The number of rotatable bonds is 6. The third kappa shape index (κ3) is 2.90. The van der Waals surface area contributed by atoms with Gasteiger partial charge in [-0.2, -0.15) is 10.1 Å². The summed E-state index contributed by atoms with van der Waals surface area (Å²) in [5.41, 5.74) is 1.18. The molecule has 112 valence electrons. The predicted octanol–water partition coefficient (Wildman–Crippen LogP) is 2.42. The summed E-state index contributed by atoms with van der Waals surface area (Å²) in [5, 5.41) is 17.2. The number of hydrogen-bond acceptors (Lipinski definition) is 7. The third-order valence-electron chi connectivity index (χ3n) is 3.44. The highest BCUT2D eigenvalue weighted by Crippen LogP contribution is 2.39. The molecule has 0 atom stereocenters. The zero-order valence-corrected chi connectivity index (χ0v) is 11.8. The molecule has 8 heteroatoms. The van der Waals surface area contributed by atoms with Crippen molar-refractivity contribution in [2.75, 3.05) is 10.6 Å². The summed E-state index contributed by atoms with van der Waals surface area (Å²) in [6, 6.07) is 5.62. The topological polar surface area (TPSA) is 105 Å². The van der Waals surface area contributed by atoms with Gasteiger partial charge in [-0.25, -0.2) is 4.98 Å². The zero-order chi connectivity index (χ0) is 14.8. The maximum absolute atomic E-state index is 5.01. The monoisotopic (exact) mass is 297 g/mol. The molecule has 0 radical (unpaired) electrons. The Kier molecular flexibility index (Phi) is 3.19. The van der Waals surface area contributed by atoms with E-state index in [9.17, 15) is 0 Å². The summed E-state index contributed by atoms with van der Waals surface area (Å²) >= 11 is 0. The van der Waals surface area contributed by atoms with Crippen LogP contribution in [-0.2, 0) is 6.54 Å². The van der Waals surface area contributed by atoms with Crippen LogP contribution in [0.2, 0.25) is 0 Å². The lowest BCUT2D eigenvalue weighted by atomic mass is 10.3. The summed E-state index contributed by atoms with van der Waals surface area (Å²) in [6.07, 6.45) is 5.77. The molecule has 3 aromatic rings. The molecule has 22 heavy (non-hydrogen) atoms. The van der Waals surface area contributed by atoms with Crippen molar-refractivity contribution < 1.29 is 4.52 Å². The van der Waals surface area contributed by atoms with E-state index in [2.05, 4.69) is 36.0 Å². The Morgan fingerprint density at radius 3 is 3.00 bits per heavy atom. The SMILES string of the molecule is c1cc(CNc2nccc(Nc3cc(C4CC4)[nH]n3)n2)on1. The summed E-state index contributed by atoms with van der Waals surface area (Å²) in [4.78, 5) is 8.56. The Hall–Kier alpha value is -2.90. The van der Waals surface area contributed by atoms with Gasteiger partial charge in [-0.3, -0.25) is 5.10 Å². The molecule has 1 saturated carbocycles. The summed E-state index contributed by atoms with van der Waals surface area (Å²) in [5.74, 6) is 3.33. The Morgan fingerprint density at radius 2 is 2.18 bits per heavy atom. The van der Waals surface area contributed by atoms with Gasteiger partial charge in [-0.15, -0.1) is 0 Å². The molecule has 3 N–H and O–H groups in total. The molecule has 0 spiro atoms. The van der Waals surface area contributed by atoms with Gasteiger partial charge in [0.25, 0.3) is 0 Å². The first-order valence-corrected chi connectivity index (χ1v) is 7.15. The van der Waals surface area contributed by atoms with Gasteiger partial charge in [-0.05, 0) is 18.9 Å². The molecule has 1 aliphatic carbocycles. The van der Waals surface area contributed by atoms with Crippen molar-refractivity contribution in [1.29, 1.82) is 0 Å². The Balaban J connectivity index is 1.41. The number of H-pyrrole nitrogens is 1. The van der Waals surface area contributed by atoms with Crippen molar-refractivity contribution in [1.82, 2.24) is 25.3 Å². The normalized spacial score (nSPS) is 14.0. The van der Waals surface area contributed by atoms with E-state index < -0.39 is 0 Å². The standard InChI is InChI=1S/C14H15N7O/c1-2-9(1)11-7-13(21-20-11)18-12-4-5-15-14(19-12)16-8-10-3-6-17-22-10/h3-7,9H,1-2,8H2,(H3,15,16,18,19,20,21). The first kappa shape index (κ1) is 12.8. The van der Waals surface area contributed by atoms with Gasteiger partial charge in [0.2, 0.25) is 5.95 Å². The third-order valence-corrected chi connectivity index (χ3v) is 3.44. The maximum Gasteiger partial charge on any atom is 0.224 e. The smallest absolute Gasteiger partial charge is 0.224 e.